The number of phenols is 2. The van der Waals surface area contributed by atoms with Crippen LogP contribution in [0.5, 0.6) is 80.5 Å². The highest BCUT2D eigenvalue weighted by atomic mass is 16.6. The SMILES string of the molecule is O=C(NCc1ccccc1)C(Cc1ccc(O)cc1)N1C(=O)c2cc(Oc3cccc(OCC4CO4)c3)c3c4c(Oc5cccc(OCC6CO6)c5)cc5c6c(cc(Oc7cccc(OCC8CO8)c7)c(c7c(Oc8cccc(OCC9CO9)c8)cc(c2c37)C1=O)c64)C(=O)N(C(Cc1ccc(O)cc1)C(=O)NCc1ccccc1)C5=O. The number of carbonyl (C=O) groups is 6. The highest BCUT2D eigenvalue weighted by molar-refractivity contribution is 6.45. The van der Waals surface area contributed by atoms with E-state index in [-0.39, 0.29) is 200 Å². The molecule has 0 spiro atoms. The molecule has 0 radical (unpaired) electrons. The number of carbonyl (C=O) groups excluding carboxylic acids is 6. The molecule has 24 heteroatoms. The van der Waals surface area contributed by atoms with Gasteiger partial charge in [0, 0.05) is 93.3 Å². The Morgan fingerprint density at radius 3 is 0.862 bits per heavy atom. The van der Waals surface area contributed by atoms with E-state index in [1.165, 1.54) is 48.5 Å². The molecule has 6 aliphatic heterocycles. The normalized spacial score (nSPS) is 17.4. The summed E-state index contributed by atoms with van der Waals surface area (Å²) in [6.07, 6.45) is -0.971. The van der Waals surface area contributed by atoms with Crippen LogP contribution in [0.25, 0.3) is 43.1 Å². The van der Waals surface area contributed by atoms with Gasteiger partial charge in [0.2, 0.25) is 11.8 Å². The molecule has 6 amide bonds. The third-order valence-electron chi connectivity index (χ3n) is 21.0. The van der Waals surface area contributed by atoms with Crippen LogP contribution >= 0.6 is 0 Å². The van der Waals surface area contributed by atoms with Gasteiger partial charge in [-0.05, 0) is 119 Å². The third kappa shape index (κ3) is 15.0. The molecule has 13 aromatic rings. The summed E-state index contributed by atoms with van der Waals surface area (Å²) < 4.78 is 76.8. The van der Waals surface area contributed by atoms with Crippen molar-refractivity contribution in [2.24, 2.45) is 0 Å². The van der Waals surface area contributed by atoms with Crippen molar-refractivity contribution in [3.05, 3.63) is 275 Å². The summed E-state index contributed by atoms with van der Waals surface area (Å²) in [6.45, 7) is 2.99. The predicted octanol–water partition coefficient (Wildman–Crippen LogP) is 14.5. The van der Waals surface area contributed by atoms with Gasteiger partial charge in [-0.25, -0.2) is 0 Å². The second kappa shape index (κ2) is 30.6. The van der Waals surface area contributed by atoms with Crippen molar-refractivity contribution in [1.29, 1.82) is 0 Å². The van der Waals surface area contributed by atoms with Crippen molar-refractivity contribution >= 4 is 78.5 Å². The smallest absolute Gasteiger partial charge is 0.262 e. The van der Waals surface area contributed by atoms with E-state index in [0.717, 1.165) is 20.9 Å². The lowest BCUT2D eigenvalue weighted by molar-refractivity contribution is -0.125. The molecule has 4 saturated heterocycles. The summed E-state index contributed by atoms with van der Waals surface area (Å²) in [6, 6.07) is 60.9. The molecule has 4 N–H and O–H groups in total. The Kier molecular flexibility index (Phi) is 19.1. The molecule has 19 rings (SSSR count). The van der Waals surface area contributed by atoms with Gasteiger partial charge in [-0.2, -0.15) is 0 Å². The topological polar surface area (TPSA) is 297 Å². The summed E-state index contributed by atoms with van der Waals surface area (Å²) in [4.78, 5) is 99.9. The second-order valence-electron chi connectivity index (χ2n) is 29.2. The van der Waals surface area contributed by atoms with Crippen LogP contribution in [-0.4, -0.2) is 145 Å². The first-order valence-electron chi connectivity index (χ1n) is 38.1. The number of nitrogens with one attached hydrogen (secondary N) is 2. The van der Waals surface area contributed by atoms with E-state index in [0.29, 0.717) is 60.6 Å². The Morgan fingerprint density at radius 1 is 0.328 bits per heavy atom. The van der Waals surface area contributed by atoms with Gasteiger partial charge in [0.15, 0.2) is 0 Å². The number of benzene rings is 13. The van der Waals surface area contributed by atoms with Gasteiger partial charge in [-0.3, -0.25) is 38.6 Å². The molecule has 0 bridgehead atoms. The van der Waals surface area contributed by atoms with Crippen molar-refractivity contribution in [1.82, 2.24) is 20.4 Å². The fraction of sp³-hybridized carbons (Fsp3) is 0.196. The molecule has 580 valence electrons. The van der Waals surface area contributed by atoms with Crippen LogP contribution in [0.2, 0.25) is 0 Å². The van der Waals surface area contributed by atoms with Crippen molar-refractivity contribution in [2.45, 2.75) is 62.4 Å². The zero-order valence-corrected chi connectivity index (χ0v) is 62.0. The zero-order chi connectivity index (χ0) is 78.7. The molecular weight excluding hydrogens is 1480 g/mol. The Hall–Kier alpha value is -13.8. The van der Waals surface area contributed by atoms with E-state index in [1.807, 2.05) is 60.7 Å². The number of rotatable bonds is 32. The minimum atomic E-state index is -1.56. The maximum absolute atomic E-state index is 16.8. The van der Waals surface area contributed by atoms with Crippen LogP contribution in [0, 0.1) is 0 Å². The summed E-state index contributed by atoms with van der Waals surface area (Å²) in [5.41, 5.74) is 2.04. The predicted molar refractivity (Wildman–Crippen MR) is 423 cm³/mol. The van der Waals surface area contributed by atoms with Gasteiger partial charge < -0.3 is 77.7 Å². The zero-order valence-electron chi connectivity index (χ0n) is 62.0. The minimum absolute atomic E-state index is 0.0200. The molecule has 6 aliphatic rings. The van der Waals surface area contributed by atoms with Crippen LogP contribution in [0.3, 0.4) is 0 Å². The molecule has 24 nitrogen and oxygen atoms in total. The van der Waals surface area contributed by atoms with Crippen molar-refractivity contribution in [3.63, 3.8) is 0 Å². The highest BCUT2D eigenvalue weighted by Gasteiger charge is 2.47. The fourth-order valence-corrected chi connectivity index (χ4v) is 15.0. The lowest BCUT2D eigenvalue weighted by Crippen LogP contribution is -2.54. The molecule has 6 unspecified atom stereocenters. The molecule has 6 atom stereocenters. The highest BCUT2D eigenvalue weighted by Crippen LogP contribution is 2.59. The molecule has 0 aromatic heterocycles. The number of nitrogens with zero attached hydrogens (tertiary/aromatic N) is 2. The molecule has 4 fully saturated rings. The summed E-state index contributed by atoms with van der Waals surface area (Å²) in [5.74, 6) is -2.92. The molecule has 0 aliphatic carbocycles. The van der Waals surface area contributed by atoms with E-state index < -0.39 is 47.5 Å². The average Bonchev–Trinajstić information content (AvgIpc) is 0.870. The monoisotopic (exact) mass is 1550 g/mol. The number of amides is 6. The Balaban J connectivity index is 0.911. The number of imide groups is 2. The quantitative estimate of drug-likeness (QED) is 0.0132. The van der Waals surface area contributed by atoms with Crippen LogP contribution in [0.15, 0.2) is 231 Å². The lowest BCUT2D eigenvalue weighted by atomic mass is 9.80. The van der Waals surface area contributed by atoms with Gasteiger partial charge in [-0.1, -0.05) is 109 Å². The second-order valence-corrected chi connectivity index (χ2v) is 29.2. The maximum Gasteiger partial charge on any atom is 0.262 e. The van der Waals surface area contributed by atoms with Crippen molar-refractivity contribution < 1.29 is 95.8 Å². The van der Waals surface area contributed by atoms with E-state index in [9.17, 15) is 10.2 Å². The summed E-state index contributed by atoms with van der Waals surface area (Å²) in [5, 5.41) is 28.2. The van der Waals surface area contributed by atoms with Crippen LogP contribution in [0.1, 0.15) is 63.7 Å². The van der Waals surface area contributed by atoms with Gasteiger partial charge in [0.05, 0.1) is 48.7 Å². The largest absolute Gasteiger partial charge is 0.508 e. The first-order chi connectivity index (χ1) is 56.7. The number of aromatic hydroxyl groups is 2. The third-order valence-corrected chi connectivity index (χ3v) is 21.0. The molecular formula is C92H72N4O20. The molecule has 0 saturated carbocycles. The molecule has 13 aromatic carbocycles. The lowest BCUT2D eigenvalue weighted by Gasteiger charge is -2.36. The van der Waals surface area contributed by atoms with Gasteiger partial charge in [-0.15, -0.1) is 0 Å². The fourth-order valence-electron chi connectivity index (χ4n) is 15.0. The van der Waals surface area contributed by atoms with Gasteiger partial charge in [0.1, 0.15) is 143 Å². The number of ether oxygens (including phenoxy) is 12. The standard InChI is InChI=1S/C92H72N4O20/c97-55-27-23-51(24-28-55)31-73(87(99)93-41-53-11-3-1-4-12-53)95-89(101)69-37-75(113-61-19-7-15-57(33-61)105-43-65-47-109-65)81-83-77(115-63-21-9-17-59(35-63)107-45-67-49-111-67)39-71-80-72(92(104)96(91(71)103)74(32-52-25-29-56(98)30-26-52)88(100)94-42-54-13-5-2-6-14-54)40-78(116-64-22-10-18-60(36-64)108-46-68-50-112-68)84(86(80)83)82-76(38-70(90(95)102)79(69)85(81)82)114-62-20-8-16-58(34-62)106-44-66-48-110-66/h1-30,33-40,65-68,73-74,97-98H,31-32,41-50H2,(H,93,99)(H,94,100). The van der Waals surface area contributed by atoms with Gasteiger partial charge in [0.25, 0.3) is 23.6 Å². The maximum atomic E-state index is 16.8. The molecule has 6 heterocycles. The minimum Gasteiger partial charge on any atom is -0.508 e. The van der Waals surface area contributed by atoms with Crippen LogP contribution < -0.4 is 48.5 Å². The number of hydrogen-bond donors (Lipinski definition) is 4. The van der Waals surface area contributed by atoms with Gasteiger partial charge >= 0.3 is 0 Å². The number of epoxide rings is 4. The van der Waals surface area contributed by atoms with Crippen molar-refractivity contribution in [2.75, 3.05) is 52.9 Å². The summed E-state index contributed by atoms with van der Waals surface area (Å²) >= 11 is 0. The number of hydrogen-bond acceptors (Lipinski definition) is 20. The van der Waals surface area contributed by atoms with E-state index in [2.05, 4.69) is 10.6 Å². The Bertz CT molecular complexity index is 5430. The average molecular weight is 1550 g/mol. The van der Waals surface area contributed by atoms with Crippen LogP contribution in [0.4, 0.5) is 0 Å². The first-order valence-corrected chi connectivity index (χ1v) is 38.1. The first kappa shape index (κ1) is 72.5. The van der Waals surface area contributed by atoms with Crippen molar-refractivity contribution in [3.8, 4) is 80.5 Å². The number of phenolic OH excluding ortho intramolecular Hbond substituents is 2. The Morgan fingerprint density at radius 2 is 0.595 bits per heavy atom. The molecule has 116 heavy (non-hydrogen) atoms. The Labute approximate surface area is 662 Å². The van der Waals surface area contributed by atoms with E-state index >= 15 is 28.8 Å². The number of fused-ring (bicyclic) bond motifs is 2. The van der Waals surface area contributed by atoms with E-state index in [1.54, 1.807) is 121 Å². The van der Waals surface area contributed by atoms with Crippen LogP contribution in [-0.2, 0) is 54.5 Å². The van der Waals surface area contributed by atoms with E-state index in [4.69, 9.17) is 56.8 Å². The summed E-state index contributed by atoms with van der Waals surface area (Å²) in [7, 11) is 0.